The summed E-state index contributed by atoms with van der Waals surface area (Å²) in [6, 6.07) is 5.23. The van der Waals surface area contributed by atoms with Gasteiger partial charge >= 0.3 is 0 Å². The van der Waals surface area contributed by atoms with E-state index in [1.165, 1.54) is 25.6 Å². The number of ether oxygens (including phenoxy) is 3. The predicted octanol–water partition coefficient (Wildman–Crippen LogP) is 3.51. The summed E-state index contributed by atoms with van der Waals surface area (Å²) in [4.78, 5) is 0.701. The number of aliphatic hydroxyl groups is 1. The van der Waals surface area contributed by atoms with Crippen molar-refractivity contribution in [3.05, 3.63) is 39.0 Å². The lowest BCUT2D eigenvalue weighted by Crippen LogP contribution is -2.03. The van der Waals surface area contributed by atoms with Crippen molar-refractivity contribution >= 4 is 22.9 Å². The van der Waals surface area contributed by atoms with Crippen LogP contribution in [0.15, 0.2) is 23.6 Å². The quantitative estimate of drug-likeness (QED) is 0.917. The van der Waals surface area contributed by atoms with Crippen LogP contribution in [-0.4, -0.2) is 26.4 Å². The van der Waals surface area contributed by atoms with Crippen LogP contribution in [0.2, 0.25) is 5.02 Å². The Labute approximate surface area is 126 Å². The van der Waals surface area contributed by atoms with Crippen LogP contribution >= 0.6 is 22.9 Å². The van der Waals surface area contributed by atoms with Gasteiger partial charge in [0.15, 0.2) is 0 Å². The highest BCUT2D eigenvalue weighted by Gasteiger charge is 2.23. The Bertz CT molecular complexity index is 597. The second-order valence-electron chi connectivity index (χ2n) is 3.96. The SMILES string of the molecule is COc1ccsc1C(O)c1ccc(OC)c(Cl)c1OC. The smallest absolute Gasteiger partial charge is 0.147 e. The molecule has 1 N–H and O–H groups in total. The van der Waals surface area contributed by atoms with Crippen molar-refractivity contribution in [1.29, 1.82) is 0 Å². The van der Waals surface area contributed by atoms with E-state index in [4.69, 9.17) is 25.8 Å². The fourth-order valence-electron chi connectivity index (χ4n) is 1.95. The molecule has 4 nitrogen and oxygen atoms in total. The second-order valence-corrected chi connectivity index (χ2v) is 5.29. The molecule has 108 valence electrons. The van der Waals surface area contributed by atoms with Gasteiger partial charge in [0.25, 0.3) is 0 Å². The van der Waals surface area contributed by atoms with E-state index in [0.29, 0.717) is 32.7 Å². The minimum atomic E-state index is -0.872. The summed E-state index contributed by atoms with van der Waals surface area (Å²) in [7, 11) is 4.60. The van der Waals surface area contributed by atoms with Crippen LogP contribution in [0.5, 0.6) is 17.2 Å². The van der Waals surface area contributed by atoms with Gasteiger partial charge in [-0.3, -0.25) is 0 Å². The van der Waals surface area contributed by atoms with E-state index in [1.54, 1.807) is 25.3 Å². The summed E-state index contributed by atoms with van der Waals surface area (Å²) in [6.45, 7) is 0. The number of benzene rings is 1. The zero-order chi connectivity index (χ0) is 14.7. The first kappa shape index (κ1) is 15.0. The summed E-state index contributed by atoms with van der Waals surface area (Å²) in [5.41, 5.74) is 0.569. The van der Waals surface area contributed by atoms with Gasteiger partial charge in [-0.05, 0) is 23.6 Å². The molecule has 2 rings (SSSR count). The summed E-state index contributed by atoms with van der Waals surface area (Å²) in [5, 5.41) is 12.7. The second kappa shape index (κ2) is 6.35. The molecule has 1 aromatic heterocycles. The molecule has 20 heavy (non-hydrogen) atoms. The fraction of sp³-hybridized carbons (Fsp3) is 0.286. The first-order chi connectivity index (χ1) is 9.63. The topological polar surface area (TPSA) is 47.9 Å². The van der Waals surface area contributed by atoms with Crippen LogP contribution in [0.3, 0.4) is 0 Å². The molecule has 1 aromatic carbocycles. The van der Waals surface area contributed by atoms with E-state index >= 15 is 0 Å². The molecule has 0 amide bonds. The zero-order valence-corrected chi connectivity index (χ0v) is 12.9. The maximum atomic E-state index is 10.5. The third-order valence-electron chi connectivity index (χ3n) is 2.94. The highest BCUT2D eigenvalue weighted by atomic mass is 35.5. The molecule has 2 aromatic rings. The number of methoxy groups -OCH3 is 3. The average molecular weight is 315 g/mol. The van der Waals surface area contributed by atoms with Gasteiger partial charge in [-0.15, -0.1) is 11.3 Å². The van der Waals surface area contributed by atoms with Crippen molar-refractivity contribution in [2.75, 3.05) is 21.3 Å². The fourth-order valence-corrected chi connectivity index (χ4v) is 3.14. The lowest BCUT2D eigenvalue weighted by molar-refractivity contribution is 0.213. The minimum Gasteiger partial charge on any atom is -0.495 e. The van der Waals surface area contributed by atoms with E-state index in [9.17, 15) is 5.11 Å². The first-order valence-corrected chi connectivity index (χ1v) is 7.09. The molecular formula is C14H15ClO4S. The van der Waals surface area contributed by atoms with Crippen LogP contribution in [0.1, 0.15) is 16.5 Å². The van der Waals surface area contributed by atoms with Crippen molar-refractivity contribution in [1.82, 2.24) is 0 Å². The van der Waals surface area contributed by atoms with Crippen molar-refractivity contribution < 1.29 is 19.3 Å². The van der Waals surface area contributed by atoms with Gasteiger partial charge < -0.3 is 19.3 Å². The Balaban J connectivity index is 2.49. The number of hydrogen-bond acceptors (Lipinski definition) is 5. The van der Waals surface area contributed by atoms with Crippen LogP contribution in [0, 0.1) is 0 Å². The molecule has 0 spiro atoms. The van der Waals surface area contributed by atoms with Crippen molar-refractivity contribution in [3.8, 4) is 17.2 Å². The average Bonchev–Trinajstić information content (AvgIpc) is 2.94. The summed E-state index contributed by atoms with van der Waals surface area (Å²) >= 11 is 7.61. The number of halogens is 1. The zero-order valence-electron chi connectivity index (χ0n) is 11.3. The van der Waals surface area contributed by atoms with Crippen LogP contribution < -0.4 is 14.2 Å². The molecule has 6 heteroatoms. The summed E-state index contributed by atoms with van der Waals surface area (Å²) < 4.78 is 15.7. The molecular weight excluding hydrogens is 300 g/mol. The standard InChI is InChI=1S/C14H15ClO4S/c1-17-9-5-4-8(13(19-3)11(9)15)12(16)14-10(18-2)6-7-20-14/h4-7,12,16H,1-3H3. The Kier molecular flexibility index (Phi) is 4.75. The molecule has 1 atom stereocenters. The lowest BCUT2D eigenvalue weighted by Gasteiger charge is -2.17. The molecule has 0 aliphatic rings. The number of thiophene rings is 1. The van der Waals surface area contributed by atoms with Crippen molar-refractivity contribution in [2.45, 2.75) is 6.10 Å². The van der Waals surface area contributed by atoms with Crippen molar-refractivity contribution in [3.63, 3.8) is 0 Å². The monoisotopic (exact) mass is 314 g/mol. The largest absolute Gasteiger partial charge is 0.495 e. The lowest BCUT2D eigenvalue weighted by atomic mass is 10.1. The number of hydrogen-bond donors (Lipinski definition) is 1. The highest BCUT2D eigenvalue weighted by Crippen LogP contribution is 2.43. The Morgan fingerprint density at radius 2 is 1.75 bits per heavy atom. The van der Waals surface area contributed by atoms with Gasteiger partial charge in [0.1, 0.15) is 28.4 Å². The van der Waals surface area contributed by atoms with Gasteiger partial charge in [-0.1, -0.05) is 11.6 Å². The number of aliphatic hydroxyl groups excluding tert-OH is 1. The Hall–Kier alpha value is -1.43. The number of rotatable bonds is 5. The minimum absolute atomic E-state index is 0.335. The third kappa shape index (κ3) is 2.57. The maximum Gasteiger partial charge on any atom is 0.147 e. The third-order valence-corrected chi connectivity index (χ3v) is 4.24. The van der Waals surface area contributed by atoms with Gasteiger partial charge in [0.2, 0.25) is 0 Å². The van der Waals surface area contributed by atoms with E-state index in [0.717, 1.165) is 0 Å². The van der Waals surface area contributed by atoms with Gasteiger partial charge in [0.05, 0.1) is 26.2 Å². The van der Waals surface area contributed by atoms with E-state index in [-0.39, 0.29) is 0 Å². The molecule has 1 heterocycles. The van der Waals surface area contributed by atoms with E-state index in [2.05, 4.69) is 0 Å². The van der Waals surface area contributed by atoms with Gasteiger partial charge in [0, 0.05) is 5.56 Å². The van der Waals surface area contributed by atoms with Crippen molar-refractivity contribution in [2.24, 2.45) is 0 Å². The van der Waals surface area contributed by atoms with Crippen LogP contribution in [-0.2, 0) is 0 Å². The molecule has 0 aliphatic carbocycles. The first-order valence-electron chi connectivity index (χ1n) is 5.83. The molecule has 0 bridgehead atoms. The Morgan fingerprint density at radius 3 is 2.35 bits per heavy atom. The summed E-state index contributed by atoms with van der Waals surface area (Å²) in [6.07, 6.45) is -0.872. The van der Waals surface area contributed by atoms with E-state index < -0.39 is 6.10 Å². The molecule has 0 saturated heterocycles. The summed E-state index contributed by atoms with van der Waals surface area (Å²) in [5.74, 6) is 1.53. The van der Waals surface area contributed by atoms with Gasteiger partial charge in [-0.2, -0.15) is 0 Å². The molecule has 0 radical (unpaired) electrons. The van der Waals surface area contributed by atoms with Crippen LogP contribution in [0.4, 0.5) is 0 Å². The molecule has 0 aliphatic heterocycles. The van der Waals surface area contributed by atoms with E-state index in [1.807, 2.05) is 5.38 Å². The maximum absolute atomic E-state index is 10.5. The molecule has 0 saturated carbocycles. The normalized spacial score (nSPS) is 12.1. The predicted molar refractivity (Wildman–Crippen MR) is 79.5 cm³/mol. The van der Waals surface area contributed by atoms with Crippen LogP contribution in [0.25, 0.3) is 0 Å². The highest BCUT2D eigenvalue weighted by molar-refractivity contribution is 7.10. The molecule has 1 unspecified atom stereocenters. The Morgan fingerprint density at radius 1 is 1.05 bits per heavy atom. The van der Waals surface area contributed by atoms with Gasteiger partial charge in [-0.25, -0.2) is 0 Å². The molecule has 0 fully saturated rings.